The number of rotatable bonds is 6. The van der Waals surface area contributed by atoms with Crippen LogP contribution in [0.1, 0.15) is 40.9 Å². The summed E-state index contributed by atoms with van der Waals surface area (Å²) in [6.45, 7) is 9.93. The molecule has 25 heavy (non-hydrogen) atoms. The Hall–Kier alpha value is -2.14. The Kier molecular flexibility index (Phi) is 5.53. The average molecular weight is 340 g/mol. The van der Waals surface area contributed by atoms with Crippen molar-refractivity contribution >= 4 is 5.91 Å². The number of carbonyl (C=O) groups is 1. The van der Waals surface area contributed by atoms with E-state index < -0.39 is 0 Å². The predicted molar refractivity (Wildman–Crippen MR) is 99.5 cm³/mol. The molecule has 1 fully saturated rings. The minimum atomic E-state index is 0.208. The molecule has 1 saturated heterocycles. The van der Waals surface area contributed by atoms with Gasteiger partial charge < -0.3 is 10.2 Å². The summed E-state index contributed by atoms with van der Waals surface area (Å²) in [5, 5.41) is 7.98. The van der Waals surface area contributed by atoms with Crippen molar-refractivity contribution in [3.05, 3.63) is 52.3 Å². The lowest BCUT2D eigenvalue weighted by molar-refractivity contribution is -0.129. The third kappa shape index (κ3) is 4.28. The first-order valence-corrected chi connectivity index (χ1v) is 9.11. The topological polar surface area (TPSA) is 50.2 Å². The van der Waals surface area contributed by atoms with Gasteiger partial charge in [0.05, 0.1) is 18.8 Å². The standard InChI is InChI=1S/C20H28N4O/c1-15-6-8-18(9-7-15)14-24-17(3)19(16(2)22-24)12-21-13-20(25)23-10-4-5-11-23/h6-9,21H,4-5,10-14H2,1-3H3. The van der Waals surface area contributed by atoms with E-state index >= 15 is 0 Å². The van der Waals surface area contributed by atoms with Crippen molar-refractivity contribution in [1.29, 1.82) is 0 Å². The van der Waals surface area contributed by atoms with Gasteiger partial charge in [-0.2, -0.15) is 5.10 Å². The highest BCUT2D eigenvalue weighted by atomic mass is 16.2. The maximum absolute atomic E-state index is 12.1. The summed E-state index contributed by atoms with van der Waals surface area (Å²) in [6.07, 6.45) is 2.27. The maximum Gasteiger partial charge on any atom is 0.236 e. The molecule has 0 unspecified atom stereocenters. The number of hydrogen-bond donors (Lipinski definition) is 1. The quantitative estimate of drug-likeness (QED) is 0.879. The van der Waals surface area contributed by atoms with Crippen molar-refractivity contribution in [3.8, 4) is 0 Å². The minimum absolute atomic E-state index is 0.208. The molecule has 1 aliphatic heterocycles. The summed E-state index contributed by atoms with van der Waals surface area (Å²) in [7, 11) is 0. The van der Waals surface area contributed by atoms with Crippen molar-refractivity contribution in [2.45, 2.75) is 46.7 Å². The smallest absolute Gasteiger partial charge is 0.236 e. The molecule has 0 spiro atoms. The van der Waals surface area contributed by atoms with E-state index in [-0.39, 0.29) is 5.91 Å². The summed E-state index contributed by atoms with van der Waals surface area (Å²) < 4.78 is 2.05. The Morgan fingerprint density at radius 3 is 2.48 bits per heavy atom. The molecular formula is C20H28N4O. The predicted octanol–water partition coefficient (Wildman–Crippen LogP) is 2.57. The van der Waals surface area contributed by atoms with Gasteiger partial charge in [0.1, 0.15) is 0 Å². The molecule has 0 radical (unpaired) electrons. The molecule has 2 heterocycles. The van der Waals surface area contributed by atoms with Gasteiger partial charge in [0.25, 0.3) is 0 Å². The van der Waals surface area contributed by atoms with Gasteiger partial charge in [0.15, 0.2) is 0 Å². The number of nitrogens with one attached hydrogen (secondary N) is 1. The number of carbonyl (C=O) groups excluding carboxylic acids is 1. The van der Waals surface area contributed by atoms with E-state index in [1.807, 2.05) is 11.8 Å². The number of nitrogens with zero attached hydrogens (tertiary/aromatic N) is 3. The molecule has 5 heteroatoms. The molecule has 0 saturated carbocycles. The number of aromatic nitrogens is 2. The fraction of sp³-hybridized carbons (Fsp3) is 0.500. The first-order valence-electron chi connectivity index (χ1n) is 9.11. The van der Waals surface area contributed by atoms with Crippen LogP contribution < -0.4 is 5.32 Å². The van der Waals surface area contributed by atoms with Crippen LogP contribution in [-0.4, -0.2) is 40.2 Å². The molecule has 3 rings (SSSR count). The van der Waals surface area contributed by atoms with Crippen LogP contribution in [0.4, 0.5) is 0 Å². The van der Waals surface area contributed by atoms with Crippen LogP contribution in [0.5, 0.6) is 0 Å². The highest BCUT2D eigenvalue weighted by Gasteiger charge is 2.18. The number of benzene rings is 1. The molecule has 0 atom stereocenters. The van der Waals surface area contributed by atoms with E-state index in [1.165, 1.54) is 22.4 Å². The van der Waals surface area contributed by atoms with Crippen LogP contribution in [0.2, 0.25) is 0 Å². The SMILES string of the molecule is Cc1ccc(Cn2nc(C)c(CNCC(=O)N3CCCC3)c2C)cc1. The van der Waals surface area contributed by atoms with E-state index in [4.69, 9.17) is 0 Å². The normalized spacial score (nSPS) is 14.3. The monoisotopic (exact) mass is 340 g/mol. The summed E-state index contributed by atoms with van der Waals surface area (Å²) in [4.78, 5) is 14.1. The summed E-state index contributed by atoms with van der Waals surface area (Å²) in [5.41, 5.74) is 5.91. The van der Waals surface area contributed by atoms with Gasteiger partial charge >= 0.3 is 0 Å². The summed E-state index contributed by atoms with van der Waals surface area (Å²) in [6, 6.07) is 8.57. The molecule has 2 aromatic rings. The molecule has 134 valence electrons. The number of amides is 1. The van der Waals surface area contributed by atoms with E-state index in [0.29, 0.717) is 13.1 Å². The van der Waals surface area contributed by atoms with Gasteiger partial charge in [0.2, 0.25) is 5.91 Å². The Labute approximate surface area is 150 Å². The van der Waals surface area contributed by atoms with Crippen molar-refractivity contribution < 1.29 is 4.79 Å². The fourth-order valence-corrected chi connectivity index (χ4v) is 3.38. The van der Waals surface area contributed by atoms with Crippen LogP contribution in [0.25, 0.3) is 0 Å². The van der Waals surface area contributed by atoms with E-state index in [9.17, 15) is 4.79 Å². The van der Waals surface area contributed by atoms with Gasteiger partial charge in [0, 0.05) is 30.9 Å². The van der Waals surface area contributed by atoms with E-state index in [2.05, 4.69) is 53.2 Å². The molecule has 5 nitrogen and oxygen atoms in total. The zero-order chi connectivity index (χ0) is 17.8. The molecule has 1 amide bonds. The Balaban J connectivity index is 1.59. The number of likely N-dealkylation sites (tertiary alicyclic amines) is 1. The second-order valence-electron chi connectivity index (χ2n) is 6.98. The molecule has 1 aromatic carbocycles. The maximum atomic E-state index is 12.1. The van der Waals surface area contributed by atoms with Crippen molar-refractivity contribution in [2.75, 3.05) is 19.6 Å². The first kappa shape index (κ1) is 17.7. The summed E-state index contributed by atoms with van der Waals surface area (Å²) >= 11 is 0. The zero-order valence-electron chi connectivity index (χ0n) is 15.5. The van der Waals surface area contributed by atoms with Crippen molar-refractivity contribution in [3.63, 3.8) is 0 Å². The lowest BCUT2D eigenvalue weighted by Crippen LogP contribution is -2.36. The second kappa shape index (κ2) is 7.83. The minimum Gasteiger partial charge on any atom is -0.342 e. The third-order valence-corrected chi connectivity index (χ3v) is 5.02. The van der Waals surface area contributed by atoms with Crippen LogP contribution in [0.15, 0.2) is 24.3 Å². The fourth-order valence-electron chi connectivity index (χ4n) is 3.38. The Bertz CT molecular complexity index is 727. The van der Waals surface area contributed by atoms with Gasteiger partial charge in [-0.15, -0.1) is 0 Å². The molecule has 1 aromatic heterocycles. The molecule has 1 aliphatic rings. The highest BCUT2D eigenvalue weighted by molar-refractivity contribution is 5.78. The number of hydrogen-bond acceptors (Lipinski definition) is 3. The van der Waals surface area contributed by atoms with Crippen molar-refractivity contribution in [1.82, 2.24) is 20.0 Å². The number of aryl methyl sites for hydroxylation is 2. The highest BCUT2D eigenvalue weighted by Crippen LogP contribution is 2.15. The van der Waals surface area contributed by atoms with E-state index in [0.717, 1.165) is 38.2 Å². The van der Waals surface area contributed by atoms with Gasteiger partial charge in [-0.25, -0.2) is 0 Å². The van der Waals surface area contributed by atoms with Gasteiger partial charge in [-0.3, -0.25) is 9.48 Å². The van der Waals surface area contributed by atoms with Crippen molar-refractivity contribution in [2.24, 2.45) is 0 Å². The lowest BCUT2D eigenvalue weighted by Gasteiger charge is -2.15. The molecular weight excluding hydrogens is 312 g/mol. The van der Waals surface area contributed by atoms with Crippen LogP contribution in [0, 0.1) is 20.8 Å². The zero-order valence-corrected chi connectivity index (χ0v) is 15.5. The third-order valence-electron chi connectivity index (χ3n) is 5.02. The molecule has 1 N–H and O–H groups in total. The van der Waals surface area contributed by atoms with Crippen LogP contribution >= 0.6 is 0 Å². The van der Waals surface area contributed by atoms with Crippen LogP contribution in [0.3, 0.4) is 0 Å². The first-order chi connectivity index (χ1) is 12.0. The molecule has 0 bridgehead atoms. The van der Waals surface area contributed by atoms with Gasteiger partial charge in [-0.1, -0.05) is 29.8 Å². The largest absolute Gasteiger partial charge is 0.342 e. The van der Waals surface area contributed by atoms with Crippen LogP contribution in [-0.2, 0) is 17.9 Å². The molecule has 0 aliphatic carbocycles. The lowest BCUT2D eigenvalue weighted by atomic mass is 10.1. The Morgan fingerprint density at radius 2 is 1.80 bits per heavy atom. The summed E-state index contributed by atoms with van der Waals surface area (Å²) in [5.74, 6) is 0.208. The van der Waals surface area contributed by atoms with Gasteiger partial charge in [-0.05, 0) is 39.2 Å². The average Bonchev–Trinajstić information content (AvgIpc) is 3.21. The second-order valence-corrected chi connectivity index (χ2v) is 6.98. The Morgan fingerprint density at radius 1 is 1.12 bits per heavy atom. The van der Waals surface area contributed by atoms with E-state index in [1.54, 1.807) is 0 Å².